The number of carbonyl (C=O) groups excluding carboxylic acids is 2. The molecule has 6 aromatic rings. The quantitative estimate of drug-likeness (QED) is 0.238. The Kier molecular flexibility index (Phi) is 7.99. The summed E-state index contributed by atoms with van der Waals surface area (Å²) in [5.74, 6) is -0.0779. The molecule has 200 valence electrons. The SMILES string of the molecule is CCOC(=O)c1cn2cc(-c3cccc(Br)c3)cnc2n1.NC(=O)c1cn2cc(-c3cccc(Br)c3)cnc2n1. The summed E-state index contributed by atoms with van der Waals surface area (Å²) in [6.45, 7) is 2.08. The van der Waals surface area contributed by atoms with Gasteiger partial charge in [0, 0.05) is 57.3 Å². The summed E-state index contributed by atoms with van der Waals surface area (Å²) < 4.78 is 10.3. The van der Waals surface area contributed by atoms with Gasteiger partial charge in [0.1, 0.15) is 5.69 Å². The van der Waals surface area contributed by atoms with E-state index in [9.17, 15) is 9.59 Å². The number of nitrogens with two attached hydrogens (primary N) is 1. The maximum atomic E-state index is 11.7. The predicted octanol–water partition coefficient (Wildman–Crippen LogP) is 5.59. The maximum Gasteiger partial charge on any atom is 0.358 e. The van der Waals surface area contributed by atoms with Crippen LogP contribution in [0.15, 0.2) is 94.7 Å². The standard InChI is InChI=1S/C15H12BrN3O2.C13H9BrN4O/c1-2-21-14(20)13-9-19-8-11(7-17-15(19)18-13)10-4-3-5-12(16)6-10;14-10-3-1-2-8(4-10)9-5-16-13-17-11(12(15)19)7-18(13)6-9/h3-9H,2H2,1H3;1-7H,(H2,15,19). The lowest BCUT2D eigenvalue weighted by Crippen LogP contribution is -2.10. The summed E-state index contributed by atoms with van der Waals surface area (Å²) in [6.07, 6.45) is 10.4. The zero-order chi connectivity index (χ0) is 28.2. The summed E-state index contributed by atoms with van der Waals surface area (Å²) in [5, 5.41) is 0. The minimum Gasteiger partial charge on any atom is -0.461 e. The number of ether oxygens (including phenoxy) is 1. The van der Waals surface area contributed by atoms with Crippen molar-refractivity contribution in [1.82, 2.24) is 28.7 Å². The van der Waals surface area contributed by atoms with Crippen LogP contribution in [0.3, 0.4) is 0 Å². The van der Waals surface area contributed by atoms with Crippen molar-refractivity contribution in [2.75, 3.05) is 6.61 Å². The molecule has 0 unspecified atom stereocenters. The molecule has 0 aliphatic rings. The largest absolute Gasteiger partial charge is 0.461 e. The van der Waals surface area contributed by atoms with E-state index in [2.05, 4.69) is 51.8 Å². The van der Waals surface area contributed by atoms with Crippen LogP contribution in [0, 0.1) is 0 Å². The van der Waals surface area contributed by atoms with E-state index in [0.717, 1.165) is 31.2 Å². The minimum absolute atomic E-state index is 0.207. The number of imidazole rings is 2. The Hall–Kier alpha value is -4.42. The Morgan fingerprint density at radius 2 is 1.27 bits per heavy atom. The van der Waals surface area contributed by atoms with E-state index in [-0.39, 0.29) is 11.4 Å². The van der Waals surface area contributed by atoms with Crippen LogP contribution in [0.2, 0.25) is 0 Å². The smallest absolute Gasteiger partial charge is 0.358 e. The Labute approximate surface area is 245 Å². The Morgan fingerprint density at radius 1 is 0.775 bits per heavy atom. The van der Waals surface area contributed by atoms with Crippen LogP contribution in [0.5, 0.6) is 0 Å². The first-order chi connectivity index (χ1) is 19.3. The molecule has 2 aromatic carbocycles. The van der Waals surface area contributed by atoms with Crippen LogP contribution in [0.1, 0.15) is 27.9 Å². The van der Waals surface area contributed by atoms with Crippen LogP contribution < -0.4 is 5.73 Å². The van der Waals surface area contributed by atoms with Gasteiger partial charge in [-0.05, 0) is 42.3 Å². The number of primary amides is 1. The second kappa shape index (κ2) is 11.8. The Morgan fingerprint density at radius 3 is 1.75 bits per heavy atom. The summed E-state index contributed by atoms with van der Waals surface area (Å²) >= 11 is 6.88. The van der Waals surface area contributed by atoms with E-state index in [4.69, 9.17) is 10.5 Å². The zero-order valence-electron chi connectivity index (χ0n) is 21.0. The summed E-state index contributed by atoms with van der Waals surface area (Å²) in [7, 11) is 0. The van der Waals surface area contributed by atoms with Gasteiger partial charge in [-0.3, -0.25) is 13.6 Å². The molecule has 0 aliphatic heterocycles. The van der Waals surface area contributed by atoms with E-state index in [1.807, 2.05) is 60.9 Å². The Bertz CT molecular complexity index is 1870. The van der Waals surface area contributed by atoms with Crippen LogP contribution >= 0.6 is 31.9 Å². The predicted molar refractivity (Wildman–Crippen MR) is 157 cm³/mol. The van der Waals surface area contributed by atoms with Gasteiger partial charge in [0.25, 0.3) is 5.91 Å². The van der Waals surface area contributed by atoms with Crippen molar-refractivity contribution in [2.24, 2.45) is 5.73 Å². The lowest BCUT2D eigenvalue weighted by Gasteiger charge is -2.02. The first-order valence-electron chi connectivity index (χ1n) is 12.0. The average Bonchev–Trinajstić information content (AvgIpc) is 3.57. The summed E-state index contributed by atoms with van der Waals surface area (Å²) in [6, 6.07) is 15.8. The van der Waals surface area contributed by atoms with Gasteiger partial charge >= 0.3 is 5.97 Å². The molecule has 0 fully saturated rings. The number of rotatable bonds is 5. The number of carbonyl (C=O) groups is 2. The van der Waals surface area contributed by atoms with Crippen molar-refractivity contribution in [3.05, 3.63) is 106 Å². The van der Waals surface area contributed by atoms with Crippen LogP contribution in [-0.2, 0) is 4.74 Å². The third-order valence-electron chi connectivity index (χ3n) is 5.67. The number of hydrogen-bond donors (Lipinski definition) is 1. The van der Waals surface area contributed by atoms with Crippen LogP contribution in [0.25, 0.3) is 33.8 Å². The molecule has 1 amide bonds. The highest BCUT2D eigenvalue weighted by Crippen LogP contribution is 2.24. The van der Waals surface area contributed by atoms with Gasteiger partial charge in [0.05, 0.1) is 6.61 Å². The monoisotopic (exact) mass is 661 g/mol. The van der Waals surface area contributed by atoms with Gasteiger partial charge in [-0.15, -0.1) is 0 Å². The average molecular weight is 663 g/mol. The molecule has 6 rings (SSSR count). The highest BCUT2D eigenvalue weighted by Gasteiger charge is 2.13. The van der Waals surface area contributed by atoms with Crippen molar-refractivity contribution >= 4 is 55.3 Å². The molecule has 0 spiro atoms. The lowest BCUT2D eigenvalue weighted by atomic mass is 10.1. The first kappa shape index (κ1) is 27.2. The molecule has 0 saturated carbocycles. The fourth-order valence-corrected chi connectivity index (χ4v) is 4.62. The van der Waals surface area contributed by atoms with Crippen LogP contribution in [-0.4, -0.2) is 47.2 Å². The van der Waals surface area contributed by atoms with Gasteiger partial charge in [-0.1, -0.05) is 56.1 Å². The van der Waals surface area contributed by atoms with E-state index in [0.29, 0.717) is 18.2 Å². The molecule has 2 N–H and O–H groups in total. The Balaban J connectivity index is 0.000000162. The summed E-state index contributed by atoms with van der Waals surface area (Å²) in [5.41, 5.74) is 9.60. The normalized spacial score (nSPS) is 10.8. The second-order valence-electron chi connectivity index (χ2n) is 8.46. The number of esters is 1. The highest BCUT2D eigenvalue weighted by atomic mass is 79.9. The first-order valence-corrected chi connectivity index (χ1v) is 13.6. The van der Waals surface area contributed by atoms with Crippen molar-refractivity contribution in [1.29, 1.82) is 0 Å². The molecule has 40 heavy (non-hydrogen) atoms. The lowest BCUT2D eigenvalue weighted by molar-refractivity contribution is 0.0520. The molecule has 0 atom stereocenters. The van der Waals surface area contributed by atoms with Gasteiger partial charge in [0.15, 0.2) is 5.69 Å². The number of nitrogens with zero attached hydrogens (tertiary/aromatic N) is 6. The third-order valence-corrected chi connectivity index (χ3v) is 6.66. The van der Waals surface area contributed by atoms with Gasteiger partial charge < -0.3 is 10.5 Å². The number of aromatic nitrogens is 6. The van der Waals surface area contributed by atoms with E-state index in [1.165, 1.54) is 0 Å². The van der Waals surface area contributed by atoms with E-state index >= 15 is 0 Å². The van der Waals surface area contributed by atoms with Crippen molar-refractivity contribution in [2.45, 2.75) is 6.92 Å². The molecule has 0 radical (unpaired) electrons. The minimum atomic E-state index is -0.561. The molecule has 4 aromatic heterocycles. The molecule has 0 aliphatic carbocycles. The topological polar surface area (TPSA) is 130 Å². The number of benzene rings is 2. The molecular formula is C28H21Br2N7O3. The number of amides is 1. The van der Waals surface area contributed by atoms with Crippen molar-refractivity contribution in [3.63, 3.8) is 0 Å². The van der Waals surface area contributed by atoms with Crippen LogP contribution in [0.4, 0.5) is 0 Å². The highest BCUT2D eigenvalue weighted by molar-refractivity contribution is 9.10. The molecular weight excluding hydrogens is 642 g/mol. The van der Waals surface area contributed by atoms with Gasteiger partial charge in [0.2, 0.25) is 11.6 Å². The van der Waals surface area contributed by atoms with Gasteiger partial charge in [-0.2, -0.15) is 0 Å². The fourth-order valence-electron chi connectivity index (χ4n) is 3.83. The zero-order valence-corrected chi connectivity index (χ0v) is 24.2. The third kappa shape index (κ3) is 6.08. The van der Waals surface area contributed by atoms with E-state index in [1.54, 1.807) is 40.5 Å². The fraction of sp³-hybridized carbons (Fsp3) is 0.0714. The van der Waals surface area contributed by atoms with Crippen molar-refractivity contribution in [3.8, 4) is 22.3 Å². The number of halogens is 2. The molecule has 12 heteroatoms. The molecule has 10 nitrogen and oxygen atoms in total. The number of hydrogen-bond acceptors (Lipinski definition) is 7. The molecule has 0 bridgehead atoms. The van der Waals surface area contributed by atoms with E-state index < -0.39 is 11.9 Å². The molecule has 4 heterocycles. The van der Waals surface area contributed by atoms with Gasteiger partial charge in [-0.25, -0.2) is 24.7 Å². The molecule has 0 saturated heterocycles. The second-order valence-corrected chi connectivity index (χ2v) is 10.3. The summed E-state index contributed by atoms with van der Waals surface area (Å²) in [4.78, 5) is 39.4. The maximum absolute atomic E-state index is 11.7. The number of fused-ring (bicyclic) bond motifs is 2. The van der Waals surface area contributed by atoms with Crippen molar-refractivity contribution < 1.29 is 14.3 Å².